The molecule has 0 spiro atoms. The van der Waals surface area contributed by atoms with Crippen LogP contribution in [-0.4, -0.2) is 44.5 Å². The Kier molecular flexibility index (Phi) is 3.73. The molecule has 1 aliphatic rings. The molecule has 5 nitrogen and oxygen atoms in total. The van der Waals surface area contributed by atoms with Gasteiger partial charge in [-0.05, 0) is 33.8 Å². The van der Waals surface area contributed by atoms with Crippen molar-refractivity contribution in [2.75, 3.05) is 26.1 Å². The monoisotopic (exact) mass is 278 g/mol. The van der Waals surface area contributed by atoms with E-state index in [1.165, 1.54) is 0 Å². The van der Waals surface area contributed by atoms with E-state index in [0.29, 0.717) is 5.88 Å². The Hall–Kier alpha value is -1.27. The first kappa shape index (κ1) is 15.1. The van der Waals surface area contributed by atoms with Crippen molar-refractivity contribution in [2.45, 2.75) is 38.9 Å². The van der Waals surface area contributed by atoms with E-state index in [2.05, 4.69) is 4.98 Å². The second-order valence-corrected chi connectivity index (χ2v) is 6.25. The molecule has 0 atom stereocenters. The van der Waals surface area contributed by atoms with E-state index in [-0.39, 0.29) is 11.2 Å². The van der Waals surface area contributed by atoms with Crippen LogP contribution in [0.3, 0.4) is 0 Å². The zero-order valence-corrected chi connectivity index (χ0v) is 13.4. The van der Waals surface area contributed by atoms with Gasteiger partial charge >= 0.3 is 7.12 Å². The van der Waals surface area contributed by atoms with E-state index in [0.717, 1.165) is 11.3 Å². The van der Waals surface area contributed by atoms with Crippen LogP contribution in [0.2, 0.25) is 0 Å². The minimum Gasteiger partial charge on any atom is -0.481 e. The number of ether oxygens (including phenoxy) is 1. The highest BCUT2D eigenvalue weighted by Crippen LogP contribution is 2.37. The average Bonchev–Trinajstić information content (AvgIpc) is 2.57. The molecule has 0 amide bonds. The van der Waals surface area contributed by atoms with Crippen LogP contribution in [0.15, 0.2) is 12.1 Å². The van der Waals surface area contributed by atoms with Crippen LogP contribution in [0, 0.1) is 0 Å². The van der Waals surface area contributed by atoms with Crippen molar-refractivity contribution in [3.8, 4) is 5.88 Å². The minimum atomic E-state index is -0.460. The van der Waals surface area contributed by atoms with E-state index < -0.39 is 7.12 Å². The zero-order chi connectivity index (χ0) is 15.1. The molecule has 2 rings (SSSR count). The Balaban J connectivity index is 2.35. The first-order valence-electron chi connectivity index (χ1n) is 6.76. The maximum absolute atomic E-state index is 6.04. The first-order chi connectivity index (χ1) is 9.18. The first-order valence-corrected chi connectivity index (χ1v) is 6.76. The third-order valence-electron chi connectivity index (χ3n) is 4.03. The lowest BCUT2D eigenvalue weighted by Gasteiger charge is -2.32. The number of pyridine rings is 1. The van der Waals surface area contributed by atoms with E-state index in [1.807, 2.05) is 58.8 Å². The third-order valence-corrected chi connectivity index (χ3v) is 4.03. The summed E-state index contributed by atoms with van der Waals surface area (Å²) in [7, 11) is 5.03. The Bertz CT molecular complexity index is 487. The molecular formula is C14H23BN2O3. The molecule has 1 aliphatic heterocycles. The Labute approximate surface area is 121 Å². The summed E-state index contributed by atoms with van der Waals surface area (Å²) in [4.78, 5) is 6.40. The van der Waals surface area contributed by atoms with Crippen LogP contribution in [0.1, 0.15) is 27.7 Å². The number of methoxy groups -OCH3 is 1. The topological polar surface area (TPSA) is 43.8 Å². The van der Waals surface area contributed by atoms with Gasteiger partial charge in [-0.15, -0.1) is 0 Å². The largest absolute Gasteiger partial charge is 0.500 e. The average molecular weight is 278 g/mol. The predicted octanol–water partition coefficient (Wildman–Crippen LogP) is 1.46. The number of nitrogens with zero attached hydrogens (tertiary/aromatic N) is 2. The molecule has 0 aromatic carbocycles. The molecule has 1 aromatic rings. The molecule has 0 bridgehead atoms. The highest BCUT2D eigenvalue weighted by Gasteiger charge is 2.52. The molecule has 1 aromatic heterocycles. The molecule has 1 saturated heterocycles. The van der Waals surface area contributed by atoms with Gasteiger partial charge in [0.15, 0.2) is 0 Å². The van der Waals surface area contributed by atoms with Crippen molar-refractivity contribution in [1.29, 1.82) is 0 Å². The number of hydrogen-bond donors (Lipinski definition) is 0. The predicted molar refractivity (Wildman–Crippen MR) is 80.8 cm³/mol. The van der Waals surface area contributed by atoms with Gasteiger partial charge in [-0.3, -0.25) is 0 Å². The van der Waals surface area contributed by atoms with Crippen molar-refractivity contribution in [1.82, 2.24) is 4.98 Å². The summed E-state index contributed by atoms with van der Waals surface area (Å²) in [5, 5.41) is 0. The summed E-state index contributed by atoms with van der Waals surface area (Å²) in [6.45, 7) is 8.12. The number of rotatable bonds is 3. The molecule has 110 valence electrons. The van der Waals surface area contributed by atoms with Crippen molar-refractivity contribution in [2.24, 2.45) is 0 Å². The maximum Gasteiger partial charge on any atom is 0.500 e. The molecule has 0 saturated carbocycles. The summed E-state index contributed by atoms with van der Waals surface area (Å²) < 4.78 is 17.5. The molecule has 0 N–H and O–H groups in total. The number of hydrogen-bond acceptors (Lipinski definition) is 5. The second kappa shape index (κ2) is 4.93. The summed E-state index contributed by atoms with van der Waals surface area (Å²) >= 11 is 0. The molecule has 20 heavy (non-hydrogen) atoms. The number of aromatic nitrogens is 1. The van der Waals surface area contributed by atoms with Gasteiger partial charge in [-0.25, -0.2) is 0 Å². The van der Waals surface area contributed by atoms with Crippen molar-refractivity contribution < 1.29 is 14.0 Å². The van der Waals surface area contributed by atoms with Gasteiger partial charge < -0.3 is 18.9 Å². The van der Waals surface area contributed by atoms with Crippen LogP contribution in [-0.2, 0) is 9.31 Å². The Morgan fingerprint density at radius 1 is 1.10 bits per heavy atom. The van der Waals surface area contributed by atoms with E-state index >= 15 is 0 Å². The van der Waals surface area contributed by atoms with Crippen LogP contribution >= 0.6 is 0 Å². The molecule has 0 aliphatic carbocycles. The zero-order valence-electron chi connectivity index (χ0n) is 13.4. The van der Waals surface area contributed by atoms with E-state index in [4.69, 9.17) is 14.0 Å². The normalized spacial score (nSPS) is 20.1. The van der Waals surface area contributed by atoms with E-state index in [1.54, 1.807) is 7.11 Å². The van der Waals surface area contributed by atoms with E-state index in [9.17, 15) is 0 Å². The summed E-state index contributed by atoms with van der Waals surface area (Å²) in [6.07, 6.45) is 0. The SMILES string of the molecule is COc1nc(N(C)C)ccc1B1OC(C)(C)C(C)(C)O1. The van der Waals surface area contributed by atoms with Crippen molar-refractivity contribution >= 4 is 18.4 Å². The van der Waals surface area contributed by atoms with Gasteiger partial charge in [-0.2, -0.15) is 4.98 Å². The molecular weight excluding hydrogens is 255 g/mol. The van der Waals surface area contributed by atoms with Gasteiger partial charge in [0.1, 0.15) is 5.82 Å². The standard InChI is InChI=1S/C14H23BN2O3/c1-13(2)14(3,4)20-15(19-13)10-8-9-11(17(5)6)16-12(10)18-7/h8-9H,1-7H3. The summed E-state index contributed by atoms with van der Waals surface area (Å²) in [6, 6.07) is 3.88. The maximum atomic E-state index is 6.04. The van der Waals surface area contributed by atoms with Crippen molar-refractivity contribution in [3.63, 3.8) is 0 Å². The second-order valence-electron chi connectivity index (χ2n) is 6.25. The highest BCUT2D eigenvalue weighted by molar-refractivity contribution is 6.63. The van der Waals surface area contributed by atoms with Gasteiger partial charge in [0.2, 0.25) is 5.88 Å². The molecule has 1 fully saturated rings. The lowest BCUT2D eigenvalue weighted by Crippen LogP contribution is -2.41. The fourth-order valence-corrected chi connectivity index (χ4v) is 2.00. The molecule has 0 radical (unpaired) electrons. The Morgan fingerprint density at radius 3 is 2.10 bits per heavy atom. The number of anilines is 1. The molecule has 0 unspecified atom stereocenters. The third kappa shape index (κ3) is 2.50. The highest BCUT2D eigenvalue weighted by atomic mass is 16.7. The fraction of sp³-hybridized carbons (Fsp3) is 0.643. The lowest BCUT2D eigenvalue weighted by molar-refractivity contribution is 0.00578. The fourth-order valence-electron chi connectivity index (χ4n) is 2.00. The summed E-state index contributed by atoms with van der Waals surface area (Å²) in [5.41, 5.74) is 0.0722. The van der Waals surface area contributed by atoms with Crippen LogP contribution in [0.5, 0.6) is 5.88 Å². The van der Waals surface area contributed by atoms with Gasteiger partial charge in [-0.1, -0.05) is 6.07 Å². The van der Waals surface area contributed by atoms with Crippen molar-refractivity contribution in [3.05, 3.63) is 12.1 Å². The molecule has 2 heterocycles. The smallest absolute Gasteiger partial charge is 0.481 e. The quantitative estimate of drug-likeness (QED) is 0.783. The molecule has 6 heteroatoms. The van der Waals surface area contributed by atoms with Gasteiger partial charge in [0.25, 0.3) is 0 Å². The Morgan fingerprint density at radius 2 is 1.65 bits per heavy atom. The lowest BCUT2D eigenvalue weighted by atomic mass is 9.79. The van der Waals surface area contributed by atoms with Gasteiger partial charge in [0, 0.05) is 19.6 Å². The van der Waals surface area contributed by atoms with Crippen LogP contribution in [0.4, 0.5) is 5.82 Å². The summed E-state index contributed by atoms with van der Waals surface area (Å²) in [5.74, 6) is 1.37. The van der Waals surface area contributed by atoms with Gasteiger partial charge in [0.05, 0.1) is 18.3 Å². The van der Waals surface area contributed by atoms with Crippen LogP contribution in [0.25, 0.3) is 0 Å². The minimum absolute atomic E-state index is 0.372. The van der Waals surface area contributed by atoms with Crippen LogP contribution < -0.4 is 15.1 Å².